The highest BCUT2D eigenvalue weighted by Gasteiger charge is 2.58. The molecule has 0 aromatic rings. The first kappa shape index (κ1) is 16.9. The third-order valence-electron chi connectivity index (χ3n) is 2.28. The van der Waals surface area contributed by atoms with Crippen LogP contribution in [0.25, 0.3) is 0 Å². The lowest BCUT2D eigenvalue weighted by molar-refractivity contribution is 0.120. The van der Waals surface area contributed by atoms with E-state index in [1.807, 2.05) is 0 Å². The van der Waals surface area contributed by atoms with Crippen molar-refractivity contribution in [3.63, 3.8) is 0 Å². The quantitative estimate of drug-likeness (QED) is 0.243. The molecular weight excluding hydrogens is 274 g/mol. The van der Waals surface area contributed by atoms with Crippen LogP contribution in [0, 0.1) is 5.41 Å². The van der Waals surface area contributed by atoms with Crippen LogP contribution in [-0.4, -0.2) is 41.5 Å². The van der Waals surface area contributed by atoms with Crippen molar-refractivity contribution in [2.45, 2.75) is 30.9 Å². The minimum Gasteiger partial charge on any atom is -0.368 e. The molecule has 11 heteroatoms. The Bertz CT molecular complexity index is 364. The van der Waals surface area contributed by atoms with Crippen molar-refractivity contribution in [1.29, 1.82) is 5.41 Å². The van der Waals surface area contributed by atoms with E-state index in [-0.39, 0.29) is 12.1 Å². The zero-order valence-corrected chi connectivity index (χ0v) is 10.8. The fourth-order valence-corrected chi connectivity index (χ4v) is 3.22. The monoisotopic (exact) mass is 290 g/mol. The molecule has 102 valence electrons. The molecule has 0 amide bonds. The summed E-state index contributed by atoms with van der Waals surface area (Å²) in [4.78, 5) is 35.2. The normalized spacial score (nSPS) is 15.7. The van der Waals surface area contributed by atoms with Crippen LogP contribution in [0.2, 0.25) is 0 Å². The summed E-state index contributed by atoms with van der Waals surface area (Å²) in [5, 5.41) is 13.1. The Morgan fingerprint density at radius 2 is 1.65 bits per heavy atom. The summed E-state index contributed by atoms with van der Waals surface area (Å²) in [6.07, 6.45) is -1.24. The fraction of sp³-hybridized carbons (Fsp3) is 0.833. The second kappa shape index (κ2) is 5.26. The SMILES string of the molecule is CC(=N)C(N)CCC(O)(P(=O)(O)O)P(=O)(O)O. The van der Waals surface area contributed by atoms with Crippen LogP contribution in [0.3, 0.4) is 0 Å². The largest absolute Gasteiger partial charge is 0.369 e. The molecule has 0 radical (unpaired) electrons. The molecule has 17 heavy (non-hydrogen) atoms. The summed E-state index contributed by atoms with van der Waals surface area (Å²) >= 11 is 0. The van der Waals surface area contributed by atoms with Crippen molar-refractivity contribution in [3.05, 3.63) is 0 Å². The molecule has 0 aliphatic carbocycles. The van der Waals surface area contributed by atoms with E-state index < -0.39 is 32.7 Å². The molecule has 0 saturated heterocycles. The number of nitrogens with one attached hydrogen (secondary N) is 1. The predicted octanol–water partition coefficient (Wildman–Crippen LogP) is -0.865. The molecule has 0 aromatic heterocycles. The summed E-state index contributed by atoms with van der Waals surface area (Å²) in [5.41, 5.74) is 5.34. The maximum Gasteiger partial charge on any atom is 0.369 e. The van der Waals surface area contributed by atoms with Crippen molar-refractivity contribution >= 4 is 20.9 Å². The molecule has 0 fully saturated rings. The maximum atomic E-state index is 10.9. The molecule has 1 unspecified atom stereocenters. The van der Waals surface area contributed by atoms with Crippen LogP contribution in [-0.2, 0) is 9.13 Å². The summed E-state index contributed by atoms with van der Waals surface area (Å²) in [6.45, 7) is 1.33. The summed E-state index contributed by atoms with van der Waals surface area (Å²) in [7, 11) is -10.9. The Kier molecular flexibility index (Phi) is 5.22. The van der Waals surface area contributed by atoms with Gasteiger partial charge in [0, 0.05) is 18.2 Å². The molecule has 0 saturated carbocycles. The zero-order valence-electron chi connectivity index (χ0n) is 9.02. The van der Waals surface area contributed by atoms with Crippen LogP contribution in [0.5, 0.6) is 0 Å². The lowest BCUT2D eigenvalue weighted by Gasteiger charge is -2.29. The minimum absolute atomic E-state index is 0.0243. The van der Waals surface area contributed by atoms with E-state index in [9.17, 15) is 14.2 Å². The number of hydrogen-bond acceptors (Lipinski definition) is 5. The van der Waals surface area contributed by atoms with Crippen molar-refractivity contribution in [3.8, 4) is 0 Å². The molecule has 0 aliphatic heterocycles. The van der Waals surface area contributed by atoms with Gasteiger partial charge in [0.05, 0.1) is 0 Å². The average Bonchev–Trinajstić information content (AvgIpc) is 2.09. The second-order valence-corrected chi connectivity index (χ2v) is 7.70. The average molecular weight is 290 g/mol. The predicted molar refractivity (Wildman–Crippen MR) is 59.6 cm³/mol. The van der Waals surface area contributed by atoms with Gasteiger partial charge in [-0.25, -0.2) is 0 Å². The van der Waals surface area contributed by atoms with Gasteiger partial charge in [0.2, 0.25) is 0 Å². The number of aliphatic hydroxyl groups is 1. The van der Waals surface area contributed by atoms with E-state index in [4.69, 9.17) is 30.7 Å². The van der Waals surface area contributed by atoms with Crippen LogP contribution < -0.4 is 5.73 Å². The second-order valence-electron chi connectivity index (χ2n) is 3.69. The molecule has 0 aromatic carbocycles. The minimum atomic E-state index is -5.43. The molecule has 8 N–H and O–H groups in total. The first-order valence-electron chi connectivity index (χ1n) is 4.47. The smallest absolute Gasteiger partial charge is 0.368 e. The van der Waals surface area contributed by atoms with E-state index in [1.165, 1.54) is 6.92 Å². The van der Waals surface area contributed by atoms with Gasteiger partial charge in [-0.05, 0) is 13.3 Å². The molecule has 0 bridgehead atoms. The van der Waals surface area contributed by atoms with Crippen molar-refractivity contribution in [2.75, 3.05) is 0 Å². The lowest BCUT2D eigenvalue weighted by atomic mass is 10.1. The van der Waals surface area contributed by atoms with Gasteiger partial charge in [-0.3, -0.25) is 9.13 Å². The fourth-order valence-electron chi connectivity index (χ4n) is 1.03. The number of rotatable bonds is 6. The third-order valence-corrected chi connectivity index (χ3v) is 6.16. The number of nitrogens with two attached hydrogens (primary N) is 1. The first-order valence-corrected chi connectivity index (χ1v) is 7.69. The molecule has 0 rings (SSSR count). The van der Waals surface area contributed by atoms with E-state index in [2.05, 4.69) is 0 Å². The van der Waals surface area contributed by atoms with Gasteiger partial charge in [0.15, 0.2) is 0 Å². The van der Waals surface area contributed by atoms with Gasteiger partial charge >= 0.3 is 15.2 Å². The zero-order chi connectivity index (χ0) is 14.1. The van der Waals surface area contributed by atoms with Gasteiger partial charge in [0.1, 0.15) is 0 Å². The highest BCUT2D eigenvalue weighted by atomic mass is 31.2. The van der Waals surface area contributed by atoms with Crippen molar-refractivity contribution in [2.24, 2.45) is 5.73 Å². The summed E-state index contributed by atoms with van der Waals surface area (Å²) in [6, 6.07) is -0.931. The van der Waals surface area contributed by atoms with Crippen LogP contribution in [0.4, 0.5) is 0 Å². The Hall–Kier alpha value is -0.110. The van der Waals surface area contributed by atoms with Crippen molar-refractivity contribution in [1.82, 2.24) is 0 Å². The molecule has 9 nitrogen and oxygen atoms in total. The Labute approximate surface area is 97.5 Å². The van der Waals surface area contributed by atoms with Gasteiger partial charge in [-0.2, -0.15) is 0 Å². The Morgan fingerprint density at radius 3 is 1.88 bits per heavy atom. The molecule has 0 aliphatic rings. The maximum absolute atomic E-state index is 10.9. The topological polar surface area (TPSA) is 185 Å². The van der Waals surface area contributed by atoms with Crippen molar-refractivity contribution < 1.29 is 33.8 Å². The number of hydrogen-bond donors (Lipinski definition) is 7. The standard InChI is InChI=1S/C6H16N2O7P2/c1-4(7)5(8)2-3-6(9,16(10,11)12)17(13,14)15/h5,7,9H,2-3,8H2,1H3,(H2,10,11,12)(H2,13,14,15). The first-order chi connectivity index (χ1) is 7.33. The Morgan fingerprint density at radius 1 is 1.29 bits per heavy atom. The van der Waals surface area contributed by atoms with Gasteiger partial charge in [0.25, 0.3) is 5.08 Å². The summed E-state index contributed by atoms with van der Waals surface area (Å²) < 4.78 is 21.9. The molecule has 0 heterocycles. The molecule has 0 spiro atoms. The molecule has 1 atom stereocenters. The van der Waals surface area contributed by atoms with E-state index in [0.29, 0.717) is 0 Å². The van der Waals surface area contributed by atoms with Gasteiger partial charge in [-0.1, -0.05) is 0 Å². The highest BCUT2D eigenvalue weighted by molar-refractivity contribution is 7.72. The molecular formula is C6H16N2O7P2. The van der Waals surface area contributed by atoms with Crippen LogP contribution >= 0.6 is 15.2 Å². The van der Waals surface area contributed by atoms with Crippen LogP contribution in [0.15, 0.2) is 0 Å². The lowest BCUT2D eigenvalue weighted by Crippen LogP contribution is -2.34. The van der Waals surface area contributed by atoms with E-state index in [0.717, 1.165) is 0 Å². The summed E-state index contributed by atoms with van der Waals surface area (Å²) in [5.74, 6) is 0. The van der Waals surface area contributed by atoms with E-state index in [1.54, 1.807) is 0 Å². The highest BCUT2D eigenvalue weighted by Crippen LogP contribution is 2.69. The van der Waals surface area contributed by atoms with Gasteiger partial charge < -0.3 is 35.8 Å². The van der Waals surface area contributed by atoms with Gasteiger partial charge in [-0.15, -0.1) is 0 Å². The van der Waals surface area contributed by atoms with E-state index >= 15 is 0 Å². The van der Waals surface area contributed by atoms with Crippen LogP contribution in [0.1, 0.15) is 19.8 Å². The Balaban J connectivity index is 5.08. The third kappa shape index (κ3) is 3.94.